The molecule has 0 bridgehead atoms. The van der Waals surface area contributed by atoms with Crippen molar-refractivity contribution in [1.29, 1.82) is 0 Å². The van der Waals surface area contributed by atoms with E-state index in [2.05, 4.69) is 10.3 Å². The number of fused-ring (bicyclic) bond motifs is 1. The topological polar surface area (TPSA) is 88.0 Å². The van der Waals surface area contributed by atoms with Crippen molar-refractivity contribution in [3.63, 3.8) is 0 Å². The van der Waals surface area contributed by atoms with E-state index >= 15 is 0 Å². The molecule has 1 unspecified atom stereocenters. The second-order valence-electron chi connectivity index (χ2n) is 5.27. The number of nitrogens with two attached hydrogens (primary N) is 1. The number of primary amides is 1. The minimum Gasteiger partial charge on any atom is -0.368 e. The normalized spacial score (nSPS) is 12.1. The molecule has 3 rings (SSSR count). The SMILES string of the molecule is NC(=O)C(NC(=O)c1cc2ccc(Cl)cc2[nH]1)c1ccc(Cl)cc1. The molecule has 0 aliphatic carbocycles. The maximum absolute atomic E-state index is 12.4. The van der Waals surface area contributed by atoms with E-state index in [1.165, 1.54) is 0 Å². The van der Waals surface area contributed by atoms with E-state index in [0.29, 0.717) is 21.3 Å². The van der Waals surface area contributed by atoms with Crippen molar-refractivity contribution in [2.75, 3.05) is 0 Å². The second kappa shape index (κ2) is 6.55. The summed E-state index contributed by atoms with van der Waals surface area (Å²) in [6, 6.07) is 12.5. The second-order valence-corrected chi connectivity index (χ2v) is 6.15. The zero-order chi connectivity index (χ0) is 17.3. The van der Waals surface area contributed by atoms with E-state index in [4.69, 9.17) is 28.9 Å². The summed E-state index contributed by atoms with van der Waals surface area (Å²) in [5, 5.41) is 4.55. The van der Waals surface area contributed by atoms with E-state index in [9.17, 15) is 9.59 Å². The predicted octanol–water partition coefficient (Wildman–Crippen LogP) is 3.43. The Hall–Kier alpha value is -2.50. The summed E-state index contributed by atoms with van der Waals surface area (Å²) in [4.78, 5) is 27.1. The molecular formula is C17H13Cl2N3O2. The van der Waals surface area contributed by atoms with Crippen LogP contribution < -0.4 is 11.1 Å². The van der Waals surface area contributed by atoms with Crippen molar-refractivity contribution in [2.45, 2.75) is 6.04 Å². The molecule has 5 nitrogen and oxygen atoms in total. The first-order valence-corrected chi connectivity index (χ1v) is 7.83. The van der Waals surface area contributed by atoms with Crippen molar-refractivity contribution in [3.05, 3.63) is 69.8 Å². The fourth-order valence-corrected chi connectivity index (χ4v) is 2.70. The molecule has 1 aromatic heterocycles. The van der Waals surface area contributed by atoms with E-state index in [0.717, 1.165) is 10.9 Å². The molecule has 3 aromatic rings. The highest BCUT2D eigenvalue weighted by Gasteiger charge is 2.21. The van der Waals surface area contributed by atoms with Gasteiger partial charge >= 0.3 is 0 Å². The Balaban J connectivity index is 1.87. The van der Waals surface area contributed by atoms with Crippen LogP contribution in [0, 0.1) is 0 Å². The third kappa shape index (κ3) is 3.37. The van der Waals surface area contributed by atoms with Crippen molar-refractivity contribution in [3.8, 4) is 0 Å². The Morgan fingerprint density at radius 1 is 1.00 bits per heavy atom. The summed E-state index contributed by atoms with van der Waals surface area (Å²) >= 11 is 11.8. The van der Waals surface area contributed by atoms with Gasteiger partial charge in [0.1, 0.15) is 11.7 Å². The quantitative estimate of drug-likeness (QED) is 0.664. The Bertz CT molecular complexity index is 919. The summed E-state index contributed by atoms with van der Waals surface area (Å²) in [6.45, 7) is 0. The fourth-order valence-electron chi connectivity index (χ4n) is 2.40. The number of H-pyrrole nitrogens is 1. The molecule has 0 aliphatic heterocycles. The zero-order valence-corrected chi connectivity index (χ0v) is 13.9. The monoisotopic (exact) mass is 361 g/mol. The Kier molecular flexibility index (Phi) is 4.46. The van der Waals surface area contributed by atoms with E-state index in [-0.39, 0.29) is 0 Å². The van der Waals surface area contributed by atoms with Crippen LogP contribution in [0.4, 0.5) is 0 Å². The van der Waals surface area contributed by atoms with Gasteiger partial charge in [0.2, 0.25) is 5.91 Å². The molecule has 0 aliphatic rings. The number of hydrogen-bond acceptors (Lipinski definition) is 2. The number of aromatic nitrogens is 1. The number of carbonyl (C=O) groups excluding carboxylic acids is 2. The molecule has 24 heavy (non-hydrogen) atoms. The molecule has 1 atom stereocenters. The van der Waals surface area contributed by atoms with Gasteiger partial charge in [-0.15, -0.1) is 0 Å². The van der Waals surface area contributed by atoms with E-state index in [1.807, 2.05) is 0 Å². The summed E-state index contributed by atoms with van der Waals surface area (Å²) < 4.78 is 0. The minimum absolute atomic E-state index is 0.312. The first kappa shape index (κ1) is 16.4. The van der Waals surface area contributed by atoms with Gasteiger partial charge in [0.25, 0.3) is 5.91 Å². The van der Waals surface area contributed by atoms with Crippen LogP contribution in [0.5, 0.6) is 0 Å². The molecule has 2 aromatic carbocycles. The van der Waals surface area contributed by atoms with Gasteiger partial charge in [-0.1, -0.05) is 41.4 Å². The van der Waals surface area contributed by atoms with Gasteiger partial charge in [-0.2, -0.15) is 0 Å². The molecule has 122 valence electrons. The lowest BCUT2D eigenvalue weighted by molar-refractivity contribution is -0.120. The van der Waals surface area contributed by atoms with Crippen LogP contribution in [0.1, 0.15) is 22.1 Å². The van der Waals surface area contributed by atoms with Gasteiger partial charge in [0.15, 0.2) is 0 Å². The van der Waals surface area contributed by atoms with Crippen molar-refractivity contribution in [2.24, 2.45) is 5.73 Å². The Morgan fingerprint density at radius 3 is 2.33 bits per heavy atom. The number of carbonyl (C=O) groups is 2. The Morgan fingerprint density at radius 2 is 1.67 bits per heavy atom. The molecule has 0 radical (unpaired) electrons. The number of amides is 2. The molecule has 7 heteroatoms. The lowest BCUT2D eigenvalue weighted by Gasteiger charge is -2.15. The third-order valence-corrected chi connectivity index (χ3v) is 4.08. The molecule has 0 saturated heterocycles. The molecule has 0 saturated carbocycles. The van der Waals surface area contributed by atoms with E-state index in [1.54, 1.807) is 48.5 Å². The number of hydrogen-bond donors (Lipinski definition) is 3. The predicted molar refractivity (Wildman–Crippen MR) is 94.2 cm³/mol. The first-order chi connectivity index (χ1) is 11.4. The van der Waals surface area contributed by atoms with Gasteiger partial charge in [-0.3, -0.25) is 9.59 Å². The third-order valence-electron chi connectivity index (χ3n) is 3.59. The summed E-state index contributed by atoms with van der Waals surface area (Å²) in [5.41, 5.74) is 7.01. The molecule has 1 heterocycles. The Labute approximate surface area is 147 Å². The summed E-state index contributed by atoms with van der Waals surface area (Å²) in [6.07, 6.45) is 0. The highest BCUT2D eigenvalue weighted by molar-refractivity contribution is 6.31. The van der Waals surface area contributed by atoms with Crippen LogP contribution in [0.2, 0.25) is 10.0 Å². The molecule has 2 amide bonds. The molecule has 0 spiro atoms. The maximum Gasteiger partial charge on any atom is 0.268 e. The van der Waals surface area contributed by atoms with Crippen LogP contribution >= 0.6 is 23.2 Å². The van der Waals surface area contributed by atoms with Crippen LogP contribution in [-0.2, 0) is 4.79 Å². The average Bonchev–Trinajstić information content (AvgIpc) is 2.96. The summed E-state index contributed by atoms with van der Waals surface area (Å²) in [7, 11) is 0. The number of nitrogens with one attached hydrogen (secondary N) is 2. The number of rotatable bonds is 4. The van der Waals surface area contributed by atoms with Crippen molar-refractivity contribution >= 4 is 45.9 Å². The molecular weight excluding hydrogens is 349 g/mol. The lowest BCUT2D eigenvalue weighted by Crippen LogP contribution is -2.37. The van der Waals surface area contributed by atoms with Crippen LogP contribution in [0.3, 0.4) is 0 Å². The van der Waals surface area contributed by atoms with Gasteiger partial charge in [0.05, 0.1) is 0 Å². The number of benzene rings is 2. The average molecular weight is 362 g/mol. The standard InChI is InChI=1S/C17H13Cl2N3O2/c18-11-4-1-9(2-5-11)15(16(20)23)22-17(24)14-7-10-3-6-12(19)8-13(10)21-14/h1-8,15,21H,(H2,20,23)(H,22,24). The number of halogens is 2. The van der Waals surface area contributed by atoms with Gasteiger partial charge in [-0.25, -0.2) is 0 Å². The first-order valence-electron chi connectivity index (χ1n) is 7.08. The van der Waals surface area contributed by atoms with Gasteiger partial charge in [0, 0.05) is 20.9 Å². The molecule has 4 N–H and O–H groups in total. The molecule has 0 fully saturated rings. The summed E-state index contributed by atoms with van der Waals surface area (Å²) in [5.74, 6) is -1.11. The fraction of sp³-hybridized carbons (Fsp3) is 0.0588. The lowest BCUT2D eigenvalue weighted by atomic mass is 10.1. The van der Waals surface area contributed by atoms with Gasteiger partial charge in [-0.05, 0) is 35.9 Å². The van der Waals surface area contributed by atoms with Crippen molar-refractivity contribution in [1.82, 2.24) is 10.3 Å². The highest BCUT2D eigenvalue weighted by atomic mass is 35.5. The zero-order valence-electron chi connectivity index (χ0n) is 12.3. The number of aromatic amines is 1. The van der Waals surface area contributed by atoms with Crippen molar-refractivity contribution < 1.29 is 9.59 Å². The smallest absolute Gasteiger partial charge is 0.268 e. The van der Waals surface area contributed by atoms with Crippen LogP contribution in [0.25, 0.3) is 10.9 Å². The highest BCUT2D eigenvalue weighted by Crippen LogP contribution is 2.21. The maximum atomic E-state index is 12.4. The largest absolute Gasteiger partial charge is 0.368 e. The van der Waals surface area contributed by atoms with E-state index < -0.39 is 17.9 Å². The van der Waals surface area contributed by atoms with Crippen LogP contribution in [-0.4, -0.2) is 16.8 Å². The minimum atomic E-state index is -0.954. The van der Waals surface area contributed by atoms with Gasteiger partial charge < -0.3 is 16.0 Å². The van der Waals surface area contributed by atoms with Crippen LogP contribution in [0.15, 0.2) is 48.5 Å².